The smallest absolute Gasteiger partial charge is 0.257 e. The molecule has 0 aromatic carbocycles. The first kappa shape index (κ1) is 15.8. The molecule has 1 N–H and O–H groups in total. The van der Waals surface area contributed by atoms with Crippen molar-refractivity contribution in [1.29, 1.82) is 0 Å². The minimum Gasteiger partial charge on any atom is -0.305 e. The molecule has 3 aromatic rings. The van der Waals surface area contributed by atoms with Gasteiger partial charge in [0.05, 0.1) is 17.1 Å². The summed E-state index contributed by atoms with van der Waals surface area (Å²) in [7, 11) is 1.85. The number of amides is 1. The summed E-state index contributed by atoms with van der Waals surface area (Å²) in [4.78, 5) is 17.6. The van der Waals surface area contributed by atoms with Crippen molar-refractivity contribution >= 4 is 22.8 Å². The van der Waals surface area contributed by atoms with Crippen LogP contribution in [0.2, 0.25) is 0 Å². The minimum atomic E-state index is -0.171. The van der Waals surface area contributed by atoms with E-state index in [0.717, 1.165) is 35.3 Å². The van der Waals surface area contributed by atoms with Gasteiger partial charge in [0, 0.05) is 36.5 Å². The Morgan fingerprint density at radius 2 is 2.08 bits per heavy atom. The van der Waals surface area contributed by atoms with Crippen molar-refractivity contribution in [3.8, 4) is 0 Å². The van der Waals surface area contributed by atoms with Gasteiger partial charge >= 0.3 is 0 Å². The summed E-state index contributed by atoms with van der Waals surface area (Å²) in [5.41, 5.74) is 3.35. The predicted molar refractivity (Wildman–Crippen MR) is 95.8 cm³/mol. The molecule has 1 fully saturated rings. The summed E-state index contributed by atoms with van der Waals surface area (Å²) >= 11 is 0. The van der Waals surface area contributed by atoms with Crippen LogP contribution in [0, 0.1) is 6.92 Å². The second-order valence-electron chi connectivity index (χ2n) is 7.04. The number of rotatable bonds is 4. The fraction of sp³-hybridized carbons (Fsp3) is 0.444. The van der Waals surface area contributed by atoms with Gasteiger partial charge in [-0.25, -0.2) is 4.98 Å². The van der Waals surface area contributed by atoms with Crippen molar-refractivity contribution in [2.75, 3.05) is 5.32 Å². The van der Waals surface area contributed by atoms with Crippen molar-refractivity contribution in [1.82, 2.24) is 24.5 Å². The highest BCUT2D eigenvalue weighted by molar-refractivity contribution is 6.11. The molecule has 1 saturated carbocycles. The number of pyridine rings is 1. The maximum Gasteiger partial charge on any atom is 0.257 e. The maximum atomic E-state index is 12.9. The molecule has 0 radical (unpaired) electrons. The van der Waals surface area contributed by atoms with Crippen LogP contribution in [0.25, 0.3) is 11.0 Å². The average molecular weight is 338 g/mol. The number of fused-ring (bicyclic) bond motifs is 1. The Labute approximate surface area is 146 Å². The summed E-state index contributed by atoms with van der Waals surface area (Å²) < 4.78 is 3.62. The molecule has 0 bridgehead atoms. The van der Waals surface area contributed by atoms with Crippen LogP contribution in [-0.2, 0) is 7.05 Å². The van der Waals surface area contributed by atoms with Crippen LogP contribution in [0.1, 0.15) is 60.4 Å². The highest BCUT2D eigenvalue weighted by atomic mass is 16.1. The number of nitrogens with one attached hydrogen (secondary N) is 1. The van der Waals surface area contributed by atoms with E-state index in [1.807, 2.05) is 30.8 Å². The number of aryl methyl sites for hydroxylation is 2. The van der Waals surface area contributed by atoms with Gasteiger partial charge in [0.1, 0.15) is 0 Å². The van der Waals surface area contributed by atoms with E-state index >= 15 is 0 Å². The molecular weight excluding hydrogens is 316 g/mol. The molecule has 3 heterocycles. The van der Waals surface area contributed by atoms with E-state index in [-0.39, 0.29) is 11.9 Å². The van der Waals surface area contributed by atoms with E-state index in [2.05, 4.69) is 34.3 Å². The summed E-state index contributed by atoms with van der Waals surface area (Å²) in [5, 5.41) is 12.4. The van der Waals surface area contributed by atoms with E-state index < -0.39 is 0 Å². The van der Waals surface area contributed by atoms with Gasteiger partial charge in [-0.05, 0) is 39.7 Å². The number of nitrogens with zero attached hydrogens (tertiary/aromatic N) is 5. The van der Waals surface area contributed by atoms with Gasteiger partial charge in [-0.2, -0.15) is 10.2 Å². The van der Waals surface area contributed by atoms with Gasteiger partial charge in [0.15, 0.2) is 11.5 Å². The van der Waals surface area contributed by atoms with Gasteiger partial charge in [0.25, 0.3) is 5.91 Å². The normalized spacial score (nSPS) is 14.4. The number of anilines is 1. The van der Waals surface area contributed by atoms with Crippen molar-refractivity contribution < 1.29 is 4.79 Å². The number of carbonyl (C=O) groups excluding carboxylic acids is 1. The van der Waals surface area contributed by atoms with Gasteiger partial charge in [-0.15, -0.1) is 0 Å². The lowest BCUT2D eigenvalue weighted by molar-refractivity contribution is 0.102. The molecule has 0 unspecified atom stereocenters. The van der Waals surface area contributed by atoms with Gasteiger partial charge in [-0.3, -0.25) is 14.2 Å². The first-order valence-corrected chi connectivity index (χ1v) is 8.64. The third kappa shape index (κ3) is 2.79. The second-order valence-corrected chi connectivity index (χ2v) is 7.04. The number of aromatic nitrogens is 5. The number of carbonyl (C=O) groups is 1. The maximum absolute atomic E-state index is 12.9. The predicted octanol–water partition coefficient (Wildman–Crippen LogP) is 3.18. The molecule has 0 spiro atoms. The average Bonchev–Trinajstić information content (AvgIpc) is 3.26. The summed E-state index contributed by atoms with van der Waals surface area (Å²) in [6.45, 7) is 6.12. The Hall–Kier alpha value is -2.70. The van der Waals surface area contributed by atoms with Gasteiger partial charge in [-0.1, -0.05) is 0 Å². The molecule has 130 valence electrons. The molecule has 0 saturated heterocycles. The Morgan fingerprint density at radius 1 is 1.32 bits per heavy atom. The molecule has 7 heteroatoms. The molecule has 25 heavy (non-hydrogen) atoms. The van der Waals surface area contributed by atoms with Gasteiger partial charge < -0.3 is 5.32 Å². The van der Waals surface area contributed by atoms with Crippen molar-refractivity contribution in [2.24, 2.45) is 7.05 Å². The summed E-state index contributed by atoms with van der Waals surface area (Å²) in [6, 6.07) is 4.04. The zero-order valence-electron chi connectivity index (χ0n) is 14.9. The third-order valence-corrected chi connectivity index (χ3v) is 4.62. The van der Waals surface area contributed by atoms with Crippen molar-refractivity contribution in [2.45, 2.75) is 45.6 Å². The lowest BCUT2D eigenvalue weighted by atomic mass is 10.1. The topological polar surface area (TPSA) is 77.6 Å². The van der Waals surface area contributed by atoms with Crippen LogP contribution < -0.4 is 5.32 Å². The van der Waals surface area contributed by atoms with Crippen LogP contribution in [-0.4, -0.2) is 30.5 Å². The van der Waals surface area contributed by atoms with Crippen LogP contribution in [0.5, 0.6) is 0 Å². The first-order valence-electron chi connectivity index (χ1n) is 8.64. The molecule has 1 amide bonds. The minimum absolute atomic E-state index is 0.171. The molecule has 1 aliphatic rings. The Balaban J connectivity index is 1.71. The molecular formula is C18H22N6O. The zero-order valence-corrected chi connectivity index (χ0v) is 14.9. The molecule has 0 atom stereocenters. The Morgan fingerprint density at radius 3 is 2.72 bits per heavy atom. The fourth-order valence-corrected chi connectivity index (χ4v) is 3.17. The third-order valence-electron chi connectivity index (χ3n) is 4.62. The fourth-order valence-electron chi connectivity index (χ4n) is 3.17. The van der Waals surface area contributed by atoms with Crippen LogP contribution in [0.3, 0.4) is 0 Å². The van der Waals surface area contributed by atoms with E-state index in [9.17, 15) is 4.79 Å². The van der Waals surface area contributed by atoms with Crippen LogP contribution >= 0.6 is 0 Å². The van der Waals surface area contributed by atoms with Crippen molar-refractivity contribution in [3.05, 3.63) is 35.3 Å². The molecule has 4 rings (SSSR count). The number of hydrogen-bond donors (Lipinski definition) is 1. The Bertz CT molecular complexity index is 964. The lowest BCUT2D eigenvalue weighted by Gasteiger charge is -2.08. The number of hydrogen-bond acceptors (Lipinski definition) is 4. The lowest BCUT2D eigenvalue weighted by Crippen LogP contribution is -2.14. The molecule has 0 aliphatic heterocycles. The highest BCUT2D eigenvalue weighted by Gasteiger charge is 2.28. The first-order chi connectivity index (χ1) is 11.9. The summed E-state index contributed by atoms with van der Waals surface area (Å²) in [5.74, 6) is 0.863. The molecule has 7 nitrogen and oxygen atoms in total. The standard InChI is InChI=1S/C18H22N6O/c1-10(2)24-11(3)7-16(22-24)21-18(25)13-8-15(12-5-6-12)20-17-14(13)9-19-23(17)4/h7-10,12H,5-6H2,1-4H3,(H,21,22,25). The van der Waals surface area contributed by atoms with Gasteiger partial charge in [0.2, 0.25) is 0 Å². The highest BCUT2D eigenvalue weighted by Crippen LogP contribution is 2.40. The second kappa shape index (κ2) is 5.68. The largest absolute Gasteiger partial charge is 0.305 e. The molecule has 1 aliphatic carbocycles. The van der Waals surface area contributed by atoms with E-state index in [0.29, 0.717) is 17.3 Å². The van der Waals surface area contributed by atoms with E-state index in [1.54, 1.807) is 10.9 Å². The summed E-state index contributed by atoms with van der Waals surface area (Å²) in [6.07, 6.45) is 3.97. The van der Waals surface area contributed by atoms with E-state index in [4.69, 9.17) is 0 Å². The molecule has 3 aromatic heterocycles. The quantitative estimate of drug-likeness (QED) is 0.792. The van der Waals surface area contributed by atoms with Crippen molar-refractivity contribution in [3.63, 3.8) is 0 Å². The SMILES string of the molecule is Cc1cc(NC(=O)c2cc(C3CC3)nc3c2cnn3C)nn1C(C)C. The van der Waals surface area contributed by atoms with E-state index in [1.165, 1.54) is 0 Å². The Kier molecular flexibility index (Phi) is 3.59. The zero-order chi connectivity index (χ0) is 17.7. The van der Waals surface area contributed by atoms with Crippen LogP contribution in [0.15, 0.2) is 18.3 Å². The monoisotopic (exact) mass is 338 g/mol. The van der Waals surface area contributed by atoms with Crippen LogP contribution in [0.4, 0.5) is 5.82 Å².